The van der Waals surface area contributed by atoms with Crippen molar-refractivity contribution in [1.82, 2.24) is 4.90 Å². The van der Waals surface area contributed by atoms with Crippen LogP contribution >= 0.6 is 0 Å². The van der Waals surface area contributed by atoms with Crippen LogP contribution in [0.5, 0.6) is 0 Å². The van der Waals surface area contributed by atoms with Gasteiger partial charge in [-0.2, -0.15) is 0 Å². The van der Waals surface area contributed by atoms with Crippen molar-refractivity contribution < 1.29 is 0 Å². The zero-order valence-corrected chi connectivity index (χ0v) is 12.4. The Balaban J connectivity index is 2.70. The highest BCUT2D eigenvalue weighted by molar-refractivity contribution is 5.49. The first-order valence-corrected chi connectivity index (χ1v) is 7.18. The second kappa shape index (κ2) is 7.42. The van der Waals surface area contributed by atoms with Gasteiger partial charge >= 0.3 is 0 Å². The molecular formula is C16H28N2. The molecule has 0 heterocycles. The third-order valence-electron chi connectivity index (χ3n) is 4.00. The number of nitrogen functional groups attached to an aromatic ring is 1. The van der Waals surface area contributed by atoms with Crippen LogP contribution in [0.4, 0.5) is 5.69 Å². The lowest BCUT2D eigenvalue weighted by Crippen LogP contribution is -2.29. The van der Waals surface area contributed by atoms with E-state index in [9.17, 15) is 0 Å². The Hall–Kier alpha value is -1.02. The van der Waals surface area contributed by atoms with Crippen LogP contribution in [0.25, 0.3) is 0 Å². The maximum Gasteiger partial charge on any atom is 0.0346 e. The third kappa shape index (κ3) is 4.02. The van der Waals surface area contributed by atoms with Crippen molar-refractivity contribution in [3.8, 4) is 0 Å². The normalized spacial score (nSPS) is 11.4. The van der Waals surface area contributed by atoms with Gasteiger partial charge in [-0.05, 0) is 36.6 Å². The summed E-state index contributed by atoms with van der Waals surface area (Å²) >= 11 is 0. The van der Waals surface area contributed by atoms with E-state index >= 15 is 0 Å². The summed E-state index contributed by atoms with van der Waals surface area (Å²) in [5, 5.41) is 0. The molecule has 0 atom stereocenters. The Morgan fingerprint density at radius 1 is 1.17 bits per heavy atom. The van der Waals surface area contributed by atoms with E-state index in [1.807, 2.05) is 6.07 Å². The fraction of sp³-hybridized carbons (Fsp3) is 0.625. The highest BCUT2D eigenvalue weighted by atomic mass is 15.1. The van der Waals surface area contributed by atoms with Crippen molar-refractivity contribution in [2.24, 2.45) is 5.92 Å². The quantitative estimate of drug-likeness (QED) is 0.743. The van der Waals surface area contributed by atoms with Gasteiger partial charge in [-0.1, -0.05) is 45.7 Å². The van der Waals surface area contributed by atoms with E-state index in [-0.39, 0.29) is 0 Å². The molecular weight excluding hydrogens is 220 g/mol. The molecule has 2 heteroatoms. The number of anilines is 1. The van der Waals surface area contributed by atoms with E-state index in [0.29, 0.717) is 0 Å². The maximum atomic E-state index is 5.97. The summed E-state index contributed by atoms with van der Waals surface area (Å²) in [7, 11) is 0. The van der Waals surface area contributed by atoms with E-state index < -0.39 is 0 Å². The summed E-state index contributed by atoms with van der Waals surface area (Å²) in [6.45, 7) is 12.2. The predicted octanol–water partition coefficient (Wildman–Crippen LogP) is 3.84. The monoisotopic (exact) mass is 248 g/mol. The molecule has 1 aromatic carbocycles. The minimum atomic E-state index is 0.811. The number of nitrogens with zero attached hydrogens (tertiary/aromatic N) is 1. The molecule has 0 fully saturated rings. The van der Waals surface area contributed by atoms with Gasteiger partial charge in [0, 0.05) is 18.8 Å². The van der Waals surface area contributed by atoms with Gasteiger partial charge in [-0.3, -0.25) is 4.90 Å². The van der Waals surface area contributed by atoms with Gasteiger partial charge in [-0.15, -0.1) is 0 Å². The first-order valence-electron chi connectivity index (χ1n) is 7.18. The van der Waals surface area contributed by atoms with E-state index in [4.69, 9.17) is 5.73 Å². The zero-order chi connectivity index (χ0) is 13.5. The van der Waals surface area contributed by atoms with Crippen molar-refractivity contribution >= 4 is 5.69 Å². The van der Waals surface area contributed by atoms with Crippen LogP contribution < -0.4 is 5.73 Å². The van der Waals surface area contributed by atoms with Gasteiger partial charge in [-0.25, -0.2) is 0 Å². The Morgan fingerprint density at radius 3 is 2.39 bits per heavy atom. The molecule has 102 valence electrons. The fourth-order valence-corrected chi connectivity index (χ4v) is 2.33. The largest absolute Gasteiger partial charge is 0.399 e. The summed E-state index contributed by atoms with van der Waals surface area (Å²) < 4.78 is 0. The van der Waals surface area contributed by atoms with E-state index in [2.05, 4.69) is 44.7 Å². The summed E-state index contributed by atoms with van der Waals surface area (Å²) in [4.78, 5) is 2.53. The van der Waals surface area contributed by atoms with Crippen LogP contribution in [-0.4, -0.2) is 18.0 Å². The molecule has 2 N–H and O–H groups in total. The number of hydrogen-bond donors (Lipinski definition) is 1. The molecule has 0 spiro atoms. The number of hydrogen-bond acceptors (Lipinski definition) is 2. The summed E-state index contributed by atoms with van der Waals surface area (Å²) in [6, 6.07) is 6.24. The highest BCUT2D eigenvalue weighted by Crippen LogP contribution is 2.19. The van der Waals surface area contributed by atoms with Gasteiger partial charge in [0.25, 0.3) is 0 Å². The van der Waals surface area contributed by atoms with Crippen LogP contribution in [0.15, 0.2) is 18.2 Å². The standard InChI is InChI=1S/C16H28N2/c1-5-14(6-2)11-18(7-3)12-15-9-8-10-16(17)13(15)4/h8-10,14H,5-7,11-12,17H2,1-4H3. The van der Waals surface area contributed by atoms with Crippen molar-refractivity contribution in [3.05, 3.63) is 29.3 Å². The van der Waals surface area contributed by atoms with Crippen molar-refractivity contribution in [2.75, 3.05) is 18.8 Å². The second-order valence-electron chi connectivity index (χ2n) is 5.14. The van der Waals surface area contributed by atoms with Crippen LogP contribution in [0.1, 0.15) is 44.7 Å². The molecule has 0 aliphatic carbocycles. The van der Waals surface area contributed by atoms with Crippen LogP contribution in [-0.2, 0) is 6.54 Å². The first-order chi connectivity index (χ1) is 8.62. The van der Waals surface area contributed by atoms with Crippen molar-refractivity contribution in [1.29, 1.82) is 0 Å². The molecule has 0 aliphatic rings. The maximum absolute atomic E-state index is 5.97. The molecule has 0 radical (unpaired) electrons. The molecule has 0 bridgehead atoms. The molecule has 1 rings (SSSR count). The number of nitrogens with two attached hydrogens (primary N) is 1. The van der Waals surface area contributed by atoms with Crippen molar-refractivity contribution in [2.45, 2.75) is 47.1 Å². The minimum Gasteiger partial charge on any atom is -0.399 e. The molecule has 2 nitrogen and oxygen atoms in total. The SMILES string of the molecule is CCC(CC)CN(CC)Cc1cccc(N)c1C. The summed E-state index contributed by atoms with van der Waals surface area (Å²) in [5.74, 6) is 0.811. The van der Waals surface area contributed by atoms with Crippen LogP contribution in [0.3, 0.4) is 0 Å². The lowest BCUT2D eigenvalue weighted by Gasteiger charge is -2.26. The Labute approximate surface area is 112 Å². The molecule has 0 amide bonds. The average molecular weight is 248 g/mol. The topological polar surface area (TPSA) is 29.3 Å². The Bertz CT molecular complexity index is 356. The van der Waals surface area contributed by atoms with Crippen LogP contribution in [0.2, 0.25) is 0 Å². The highest BCUT2D eigenvalue weighted by Gasteiger charge is 2.11. The van der Waals surface area contributed by atoms with Crippen molar-refractivity contribution in [3.63, 3.8) is 0 Å². The Kier molecular flexibility index (Phi) is 6.20. The average Bonchev–Trinajstić information content (AvgIpc) is 2.39. The zero-order valence-electron chi connectivity index (χ0n) is 12.4. The molecule has 0 aliphatic heterocycles. The molecule has 0 aromatic heterocycles. The van der Waals surface area contributed by atoms with Gasteiger partial charge in [0.05, 0.1) is 0 Å². The fourth-order valence-electron chi connectivity index (χ4n) is 2.33. The minimum absolute atomic E-state index is 0.811. The van der Waals surface area contributed by atoms with Gasteiger partial charge < -0.3 is 5.73 Å². The van der Waals surface area contributed by atoms with E-state index in [1.54, 1.807) is 0 Å². The lowest BCUT2D eigenvalue weighted by atomic mass is 10.0. The van der Waals surface area contributed by atoms with E-state index in [0.717, 1.165) is 24.7 Å². The second-order valence-corrected chi connectivity index (χ2v) is 5.14. The van der Waals surface area contributed by atoms with Gasteiger partial charge in [0.15, 0.2) is 0 Å². The van der Waals surface area contributed by atoms with Gasteiger partial charge in [0.1, 0.15) is 0 Å². The third-order valence-corrected chi connectivity index (χ3v) is 4.00. The van der Waals surface area contributed by atoms with Gasteiger partial charge in [0.2, 0.25) is 0 Å². The predicted molar refractivity (Wildman–Crippen MR) is 80.6 cm³/mol. The molecule has 0 unspecified atom stereocenters. The number of rotatable bonds is 7. The molecule has 0 saturated heterocycles. The number of benzene rings is 1. The smallest absolute Gasteiger partial charge is 0.0346 e. The summed E-state index contributed by atoms with van der Waals surface area (Å²) in [6.07, 6.45) is 2.53. The van der Waals surface area contributed by atoms with Crippen LogP contribution in [0, 0.1) is 12.8 Å². The lowest BCUT2D eigenvalue weighted by molar-refractivity contribution is 0.226. The Morgan fingerprint density at radius 2 is 1.83 bits per heavy atom. The molecule has 0 saturated carbocycles. The molecule has 1 aromatic rings. The first kappa shape index (κ1) is 15.0. The van der Waals surface area contributed by atoms with E-state index in [1.165, 1.54) is 30.5 Å². The molecule has 18 heavy (non-hydrogen) atoms. The summed E-state index contributed by atoms with van der Waals surface area (Å²) in [5.41, 5.74) is 9.48.